The van der Waals surface area contributed by atoms with Crippen LogP contribution in [-0.2, 0) is 4.79 Å². The quantitative estimate of drug-likeness (QED) is 0.800. The first-order valence-corrected chi connectivity index (χ1v) is 6.96. The van der Waals surface area contributed by atoms with Crippen LogP contribution >= 0.6 is 15.9 Å². The van der Waals surface area contributed by atoms with Gasteiger partial charge in [0.1, 0.15) is 5.75 Å². The van der Waals surface area contributed by atoms with E-state index >= 15 is 0 Å². The third-order valence-electron chi connectivity index (χ3n) is 3.04. The summed E-state index contributed by atoms with van der Waals surface area (Å²) in [7, 11) is 0. The number of anilines is 1. The second-order valence-corrected chi connectivity index (χ2v) is 4.84. The van der Waals surface area contributed by atoms with Crippen LogP contribution in [0, 0.1) is 5.92 Å². The molecule has 0 saturated heterocycles. The van der Waals surface area contributed by atoms with Crippen molar-refractivity contribution >= 4 is 27.5 Å². The number of ether oxygens (including phenoxy) is 1. The molecule has 4 heteroatoms. The number of halogens is 1. The molecule has 0 radical (unpaired) electrons. The van der Waals surface area contributed by atoms with Crippen LogP contribution in [0.5, 0.6) is 5.75 Å². The zero-order chi connectivity index (χ0) is 12.3. The number of amides is 1. The fourth-order valence-electron chi connectivity index (χ4n) is 1.90. The van der Waals surface area contributed by atoms with E-state index in [1.807, 2.05) is 29.2 Å². The number of fused-ring (bicyclic) bond motifs is 1. The highest BCUT2D eigenvalue weighted by molar-refractivity contribution is 9.09. The number of hydrogen-bond donors (Lipinski definition) is 0. The van der Waals surface area contributed by atoms with Gasteiger partial charge in [0.05, 0.1) is 5.69 Å². The zero-order valence-electron chi connectivity index (χ0n) is 9.86. The Hall–Kier alpha value is -1.03. The van der Waals surface area contributed by atoms with Gasteiger partial charge >= 0.3 is 0 Å². The fourth-order valence-corrected chi connectivity index (χ4v) is 2.56. The Bertz CT molecular complexity index is 404. The Morgan fingerprint density at radius 2 is 2.24 bits per heavy atom. The van der Waals surface area contributed by atoms with E-state index in [1.54, 1.807) is 0 Å². The van der Waals surface area contributed by atoms with Crippen molar-refractivity contribution in [3.05, 3.63) is 24.3 Å². The minimum Gasteiger partial charge on any atom is -0.482 e. The number of rotatable bonds is 4. The van der Waals surface area contributed by atoms with Crippen molar-refractivity contribution in [3.63, 3.8) is 0 Å². The molecule has 0 aromatic heterocycles. The Morgan fingerprint density at radius 3 is 2.94 bits per heavy atom. The van der Waals surface area contributed by atoms with Crippen molar-refractivity contribution in [1.82, 2.24) is 0 Å². The van der Waals surface area contributed by atoms with Crippen LogP contribution < -0.4 is 9.64 Å². The molecule has 1 aromatic rings. The van der Waals surface area contributed by atoms with Gasteiger partial charge in [-0.3, -0.25) is 4.79 Å². The van der Waals surface area contributed by atoms with Gasteiger partial charge in [0.15, 0.2) is 6.61 Å². The van der Waals surface area contributed by atoms with E-state index < -0.39 is 0 Å². The van der Waals surface area contributed by atoms with Crippen LogP contribution in [-0.4, -0.2) is 24.4 Å². The Labute approximate surface area is 110 Å². The topological polar surface area (TPSA) is 29.5 Å². The van der Waals surface area contributed by atoms with Crippen LogP contribution in [0.4, 0.5) is 5.69 Å². The summed E-state index contributed by atoms with van der Waals surface area (Å²) in [5.74, 6) is 1.32. The van der Waals surface area contributed by atoms with Gasteiger partial charge in [-0.15, -0.1) is 0 Å². The van der Waals surface area contributed by atoms with E-state index in [0.29, 0.717) is 5.92 Å². The molecule has 1 atom stereocenters. The molecule has 0 N–H and O–H groups in total. The summed E-state index contributed by atoms with van der Waals surface area (Å²) >= 11 is 3.49. The molecule has 1 amide bonds. The molecule has 0 aliphatic carbocycles. The van der Waals surface area contributed by atoms with Gasteiger partial charge in [0.2, 0.25) is 0 Å². The molecular formula is C13H16BrNO2. The second-order valence-electron chi connectivity index (χ2n) is 4.19. The molecule has 0 spiro atoms. The van der Waals surface area contributed by atoms with Crippen molar-refractivity contribution in [3.8, 4) is 5.75 Å². The van der Waals surface area contributed by atoms with E-state index in [0.717, 1.165) is 29.7 Å². The molecule has 92 valence electrons. The minimum absolute atomic E-state index is 0.0445. The largest absolute Gasteiger partial charge is 0.482 e. The van der Waals surface area contributed by atoms with Crippen molar-refractivity contribution in [1.29, 1.82) is 0 Å². The fraction of sp³-hybridized carbons (Fsp3) is 0.462. The molecule has 0 bridgehead atoms. The van der Waals surface area contributed by atoms with E-state index in [4.69, 9.17) is 4.74 Å². The van der Waals surface area contributed by atoms with E-state index in [-0.39, 0.29) is 12.5 Å². The molecular weight excluding hydrogens is 282 g/mol. The highest BCUT2D eigenvalue weighted by Crippen LogP contribution is 2.32. The number of carbonyl (C=O) groups is 1. The SMILES string of the molecule is CCC(CBr)CN1C(=O)COc2ccccc21. The van der Waals surface area contributed by atoms with Crippen LogP contribution in [0.15, 0.2) is 24.3 Å². The van der Waals surface area contributed by atoms with Crippen molar-refractivity contribution in [2.75, 3.05) is 23.4 Å². The lowest BCUT2D eigenvalue weighted by molar-refractivity contribution is -0.121. The van der Waals surface area contributed by atoms with Crippen molar-refractivity contribution in [2.24, 2.45) is 5.92 Å². The van der Waals surface area contributed by atoms with Gasteiger partial charge in [-0.2, -0.15) is 0 Å². The first-order chi connectivity index (χ1) is 8.26. The number of carbonyl (C=O) groups excluding carboxylic acids is 1. The first kappa shape index (κ1) is 12.4. The third kappa shape index (κ3) is 2.63. The van der Waals surface area contributed by atoms with E-state index in [9.17, 15) is 4.79 Å². The Balaban J connectivity index is 2.23. The van der Waals surface area contributed by atoms with Gasteiger partial charge in [-0.05, 0) is 18.1 Å². The lowest BCUT2D eigenvalue weighted by Crippen LogP contribution is -2.41. The molecule has 1 heterocycles. The number of nitrogens with zero attached hydrogens (tertiary/aromatic N) is 1. The lowest BCUT2D eigenvalue weighted by Gasteiger charge is -2.31. The molecule has 3 nitrogen and oxygen atoms in total. The average molecular weight is 298 g/mol. The van der Waals surface area contributed by atoms with Crippen molar-refractivity contribution in [2.45, 2.75) is 13.3 Å². The highest BCUT2D eigenvalue weighted by Gasteiger charge is 2.26. The summed E-state index contributed by atoms with van der Waals surface area (Å²) in [5.41, 5.74) is 0.892. The summed E-state index contributed by atoms with van der Waals surface area (Å²) in [6, 6.07) is 7.70. The van der Waals surface area contributed by atoms with Crippen LogP contribution in [0.2, 0.25) is 0 Å². The van der Waals surface area contributed by atoms with E-state index in [2.05, 4.69) is 22.9 Å². The maximum Gasteiger partial charge on any atom is 0.265 e. The molecule has 2 rings (SSSR count). The van der Waals surface area contributed by atoms with Gasteiger partial charge < -0.3 is 9.64 Å². The number of benzene rings is 1. The standard InChI is InChI=1S/C13H16BrNO2/c1-2-10(7-14)8-15-11-5-3-4-6-12(11)17-9-13(15)16/h3-6,10H,2,7-9H2,1H3. The molecule has 1 aliphatic rings. The zero-order valence-corrected chi connectivity index (χ0v) is 11.4. The minimum atomic E-state index is 0.0445. The number of hydrogen-bond acceptors (Lipinski definition) is 2. The van der Waals surface area contributed by atoms with Gasteiger partial charge in [-0.1, -0.05) is 41.4 Å². The predicted octanol–water partition coefficient (Wildman–Crippen LogP) is 2.83. The third-order valence-corrected chi connectivity index (χ3v) is 3.96. The number of para-hydroxylation sites is 2. The first-order valence-electron chi connectivity index (χ1n) is 5.84. The summed E-state index contributed by atoms with van der Waals surface area (Å²) in [6.07, 6.45) is 1.05. The molecule has 1 aromatic carbocycles. The molecule has 17 heavy (non-hydrogen) atoms. The predicted molar refractivity (Wildman–Crippen MR) is 71.9 cm³/mol. The Morgan fingerprint density at radius 1 is 1.47 bits per heavy atom. The summed E-state index contributed by atoms with van der Waals surface area (Å²) in [5, 5.41) is 0.913. The summed E-state index contributed by atoms with van der Waals surface area (Å²) in [6.45, 7) is 3.04. The lowest BCUT2D eigenvalue weighted by atomic mass is 10.1. The maximum absolute atomic E-state index is 11.9. The van der Waals surface area contributed by atoms with Crippen molar-refractivity contribution < 1.29 is 9.53 Å². The summed E-state index contributed by atoms with van der Waals surface area (Å²) < 4.78 is 5.41. The van der Waals surface area contributed by atoms with Gasteiger partial charge in [0.25, 0.3) is 5.91 Å². The van der Waals surface area contributed by atoms with Gasteiger partial charge in [-0.25, -0.2) is 0 Å². The number of alkyl halides is 1. The van der Waals surface area contributed by atoms with Crippen LogP contribution in [0.1, 0.15) is 13.3 Å². The average Bonchev–Trinajstić information content (AvgIpc) is 2.38. The smallest absolute Gasteiger partial charge is 0.265 e. The maximum atomic E-state index is 11.9. The van der Waals surface area contributed by atoms with E-state index in [1.165, 1.54) is 0 Å². The highest BCUT2D eigenvalue weighted by atomic mass is 79.9. The second kappa shape index (κ2) is 5.54. The molecule has 0 fully saturated rings. The Kier molecular flexibility index (Phi) is 4.05. The normalized spacial score (nSPS) is 16.4. The van der Waals surface area contributed by atoms with Gasteiger partial charge in [0, 0.05) is 11.9 Å². The molecule has 0 saturated carbocycles. The monoisotopic (exact) mass is 297 g/mol. The summed E-state index contributed by atoms with van der Waals surface area (Å²) in [4.78, 5) is 13.8. The molecule has 1 aliphatic heterocycles. The van der Waals surface area contributed by atoms with Crippen LogP contribution in [0.3, 0.4) is 0 Å². The van der Waals surface area contributed by atoms with Crippen LogP contribution in [0.25, 0.3) is 0 Å². The molecule has 1 unspecified atom stereocenters.